The smallest absolute Gasteiger partial charge is 0.252 e. The summed E-state index contributed by atoms with van der Waals surface area (Å²) in [5, 5.41) is 3.31. The summed E-state index contributed by atoms with van der Waals surface area (Å²) in [7, 11) is 0. The summed E-state index contributed by atoms with van der Waals surface area (Å²) in [6, 6.07) is 14.3. The SMILES string of the molecule is O=C1NC(Cc2ccccc2)C(=O)Cc2ccc(Cl)cc21. The molecule has 2 aromatic carbocycles. The Bertz CT molecular complexity index is 697. The summed E-state index contributed by atoms with van der Waals surface area (Å²) in [6.45, 7) is 0. The highest BCUT2D eigenvalue weighted by Crippen LogP contribution is 2.20. The van der Waals surface area contributed by atoms with Gasteiger partial charge in [0.2, 0.25) is 0 Å². The van der Waals surface area contributed by atoms with Crippen LogP contribution >= 0.6 is 11.6 Å². The fourth-order valence-electron chi connectivity index (χ4n) is 2.56. The molecule has 0 aromatic heterocycles. The van der Waals surface area contributed by atoms with Crippen LogP contribution in [0.4, 0.5) is 0 Å². The first kappa shape index (κ1) is 13.8. The third-order valence-corrected chi connectivity index (χ3v) is 3.89. The third-order valence-electron chi connectivity index (χ3n) is 3.66. The molecule has 0 fully saturated rings. The van der Waals surface area contributed by atoms with Crippen molar-refractivity contribution in [1.29, 1.82) is 0 Å². The van der Waals surface area contributed by atoms with Gasteiger partial charge in [-0.25, -0.2) is 0 Å². The molecule has 1 N–H and O–H groups in total. The maximum Gasteiger partial charge on any atom is 0.252 e. The number of amides is 1. The van der Waals surface area contributed by atoms with Gasteiger partial charge >= 0.3 is 0 Å². The Morgan fingerprint density at radius 1 is 1.10 bits per heavy atom. The molecule has 0 radical (unpaired) electrons. The first-order valence-corrected chi connectivity index (χ1v) is 7.17. The zero-order chi connectivity index (χ0) is 14.8. The summed E-state index contributed by atoms with van der Waals surface area (Å²) in [4.78, 5) is 24.6. The Hall–Kier alpha value is -2.13. The van der Waals surface area contributed by atoms with Crippen LogP contribution in [-0.2, 0) is 17.6 Å². The Labute approximate surface area is 127 Å². The van der Waals surface area contributed by atoms with E-state index in [0.717, 1.165) is 11.1 Å². The predicted molar refractivity (Wildman–Crippen MR) is 81.6 cm³/mol. The molecule has 2 aromatic rings. The van der Waals surface area contributed by atoms with Crippen molar-refractivity contribution in [3.63, 3.8) is 0 Å². The lowest BCUT2D eigenvalue weighted by atomic mass is 9.98. The number of carbonyl (C=O) groups excluding carboxylic acids is 2. The number of hydrogen-bond donors (Lipinski definition) is 1. The van der Waals surface area contributed by atoms with Crippen LogP contribution in [0.1, 0.15) is 21.5 Å². The number of rotatable bonds is 2. The summed E-state index contributed by atoms with van der Waals surface area (Å²) >= 11 is 5.93. The molecule has 0 saturated carbocycles. The molecule has 0 bridgehead atoms. The molecule has 3 nitrogen and oxygen atoms in total. The lowest BCUT2D eigenvalue weighted by Crippen LogP contribution is -2.40. The number of carbonyl (C=O) groups is 2. The molecule has 1 heterocycles. The fraction of sp³-hybridized carbons (Fsp3) is 0.176. The van der Waals surface area contributed by atoms with Crippen molar-refractivity contribution < 1.29 is 9.59 Å². The number of hydrogen-bond acceptors (Lipinski definition) is 2. The van der Waals surface area contributed by atoms with Crippen LogP contribution in [-0.4, -0.2) is 17.7 Å². The average Bonchev–Trinajstić information content (AvgIpc) is 2.59. The Balaban J connectivity index is 1.87. The summed E-state index contributed by atoms with van der Waals surface area (Å²) in [6.07, 6.45) is 0.760. The molecule has 1 aliphatic heterocycles. The van der Waals surface area contributed by atoms with Crippen molar-refractivity contribution in [2.45, 2.75) is 18.9 Å². The van der Waals surface area contributed by atoms with E-state index in [1.165, 1.54) is 0 Å². The lowest BCUT2D eigenvalue weighted by Gasteiger charge is -2.14. The first-order valence-electron chi connectivity index (χ1n) is 6.79. The van der Waals surface area contributed by atoms with Crippen molar-refractivity contribution >= 4 is 23.3 Å². The molecule has 1 unspecified atom stereocenters. The van der Waals surface area contributed by atoms with Gasteiger partial charge in [-0.1, -0.05) is 48.0 Å². The van der Waals surface area contributed by atoms with Crippen molar-refractivity contribution in [2.24, 2.45) is 0 Å². The third kappa shape index (κ3) is 2.98. The van der Waals surface area contributed by atoms with Crippen LogP contribution in [0, 0.1) is 0 Å². The van der Waals surface area contributed by atoms with Gasteiger partial charge in [-0.15, -0.1) is 0 Å². The van der Waals surface area contributed by atoms with E-state index in [-0.39, 0.29) is 18.1 Å². The molecular formula is C17H14ClNO2. The fourth-order valence-corrected chi connectivity index (χ4v) is 2.73. The topological polar surface area (TPSA) is 46.2 Å². The minimum atomic E-state index is -0.494. The number of benzene rings is 2. The van der Waals surface area contributed by atoms with E-state index in [1.807, 2.05) is 30.3 Å². The number of Topliss-reactive ketones (excluding diaryl/α,β-unsaturated/α-hetero) is 1. The highest BCUT2D eigenvalue weighted by atomic mass is 35.5. The quantitative estimate of drug-likeness (QED) is 0.927. The molecule has 1 amide bonds. The second-order valence-corrected chi connectivity index (χ2v) is 5.60. The van der Waals surface area contributed by atoms with Crippen LogP contribution < -0.4 is 5.32 Å². The second kappa shape index (κ2) is 5.70. The molecular weight excluding hydrogens is 286 g/mol. The predicted octanol–water partition coefficient (Wildman–Crippen LogP) is 2.81. The summed E-state index contributed by atoms with van der Waals surface area (Å²) in [5.74, 6) is -0.215. The highest BCUT2D eigenvalue weighted by molar-refractivity contribution is 6.31. The van der Waals surface area contributed by atoms with Gasteiger partial charge in [-0.3, -0.25) is 9.59 Å². The Kier molecular flexibility index (Phi) is 3.76. The maximum absolute atomic E-state index is 12.4. The number of nitrogens with one attached hydrogen (secondary N) is 1. The largest absolute Gasteiger partial charge is 0.342 e. The van der Waals surface area contributed by atoms with Gasteiger partial charge in [0.1, 0.15) is 0 Å². The lowest BCUT2D eigenvalue weighted by molar-refractivity contribution is -0.120. The van der Waals surface area contributed by atoms with Crippen molar-refractivity contribution in [2.75, 3.05) is 0 Å². The Morgan fingerprint density at radius 2 is 1.86 bits per heavy atom. The van der Waals surface area contributed by atoms with Crippen molar-refractivity contribution in [3.8, 4) is 0 Å². The van der Waals surface area contributed by atoms with E-state index in [0.29, 0.717) is 17.0 Å². The molecule has 21 heavy (non-hydrogen) atoms. The molecule has 0 aliphatic carbocycles. The molecule has 1 aliphatic rings. The minimum absolute atomic E-state index is 0.0216. The van der Waals surface area contributed by atoms with E-state index in [9.17, 15) is 9.59 Å². The van der Waals surface area contributed by atoms with Crippen LogP contribution in [0.5, 0.6) is 0 Å². The molecule has 106 valence electrons. The van der Waals surface area contributed by atoms with Gasteiger partial charge in [0, 0.05) is 17.0 Å². The van der Waals surface area contributed by atoms with Crippen LogP contribution in [0.25, 0.3) is 0 Å². The van der Waals surface area contributed by atoms with Gasteiger partial charge in [-0.05, 0) is 29.7 Å². The van der Waals surface area contributed by atoms with E-state index in [2.05, 4.69) is 5.32 Å². The van der Waals surface area contributed by atoms with Gasteiger partial charge in [0.05, 0.1) is 6.04 Å². The number of fused-ring (bicyclic) bond motifs is 1. The molecule has 0 spiro atoms. The minimum Gasteiger partial charge on any atom is -0.342 e. The van der Waals surface area contributed by atoms with Crippen LogP contribution in [0.15, 0.2) is 48.5 Å². The molecule has 1 atom stereocenters. The van der Waals surface area contributed by atoms with E-state index in [1.54, 1.807) is 18.2 Å². The summed E-state index contributed by atoms with van der Waals surface area (Å²) in [5.41, 5.74) is 2.25. The Morgan fingerprint density at radius 3 is 2.62 bits per heavy atom. The number of halogens is 1. The number of ketones is 1. The molecule has 3 rings (SSSR count). The van der Waals surface area contributed by atoms with Crippen LogP contribution in [0.2, 0.25) is 5.02 Å². The normalized spacial score (nSPS) is 17.9. The molecule has 4 heteroatoms. The van der Waals surface area contributed by atoms with Crippen molar-refractivity contribution in [1.82, 2.24) is 5.32 Å². The van der Waals surface area contributed by atoms with E-state index < -0.39 is 6.04 Å². The van der Waals surface area contributed by atoms with Gasteiger partial charge in [-0.2, -0.15) is 0 Å². The summed E-state index contributed by atoms with van der Waals surface area (Å²) < 4.78 is 0. The van der Waals surface area contributed by atoms with Gasteiger partial charge in [0.25, 0.3) is 5.91 Å². The molecule has 0 saturated heterocycles. The zero-order valence-electron chi connectivity index (χ0n) is 11.3. The van der Waals surface area contributed by atoms with Gasteiger partial charge in [0.15, 0.2) is 5.78 Å². The van der Waals surface area contributed by atoms with E-state index >= 15 is 0 Å². The van der Waals surface area contributed by atoms with Crippen LogP contribution in [0.3, 0.4) is 0 Å². The standard InChI is InChI=1S/C17H14ClNO2/c18-13-7-6-12-9-16(20)15(19-17(21)14(12)10-13)8-11-4-2-1-3-5-11/h1-7,10,15H,8-9H2,(H,19,21). The van der Waals surface area contributed by atoms with Gasteiger partial charge < -0.3 is 5.32 Å². The zero-order valence-corrected chi connectivity index (χ0v) is 12.1. The second-order valence-electron chi connectivity index (χ2n) is 5.16. The maximum atomic E-state index is 12.4. The first-order chi connectivity index (χ1) is 10.1. The van der Waals surface area contributed by atoms with Crippen molar-refractivity contribution in [3.05, 3.63) is 70.2 Å². The average molecular weight is 300 g/mol. The highest BCUT2D eigenvalue weighted by Gasteiger charge is 2.28. The monoisotopic (exact) mass is 299 g/mol. The van der Waals surface area contributed by atoms with E-state index in [4.69, 9.17) is 11.6 Å².